The number of nitrogens with zero attached hydrogens (tertiary/aromatic N) is 2. The van der Waals surface area contributed by atoms with Gasteiger partial charge in [0.2, 0.25) is 0 Å². The van der Waals surface area contributed by atoms with E-state index in [9.17, 15) is 0 Å². The van der Waals surface area contributed by atoms with Crippen molar-refractivity contribution in [1.82, 2.24) is 9.80 Å². The summed E-state index contributed by atoms with van der Waals surface area (Å²) in [6.07, 6.45) is 0. The van der Waals surface area contributed by atoms with E-state index in [2.05, 4.69) is 23.9 Å². The second kappa shape index (κ2) is 3.11. The van der Waals surface area contributed by atoms with Crippen LogP contribution < -0.4 is 0 Å². The van der Waals surface area contributed by atoms with Gasteiger partial charge in [0.25, 0.3) is 0 Å². The van der Waals surface area contributed by atoms with Crippen molar-refractivity contribution in [2.45, 2.75) is 13.8 Å². The molecule has 0 bridgehead atoms. The maximum absolute atomic E-state index is 2.40. The van der Waals surface area contributed by atoms with Gasteiger partial charge in [-0.25, -0.2) is 0 Å². The van der Waals surface area contributed by atoms with Crippen molar-refractivity contribution < 1.29 is 0 Å². The summed E-state index contributed by atoms with van der Waals surface area (Å²) in [6.45, 7) is 9.32. The van der Waals surface area contributed by atoms with Crippen LogP contribution in [-0.2, 0) is 0 Å². The fourth-order valence-electron chi connectivity index (χ4n) is 2.40. The van der Waals surface area contributed by atoms with Gasteiger partial charge in [-0.15, -0.1) is 0 Å². The largest absolute Gasteiger partial charge is 0.305 e. The molecular formula is C9H20N2. The van der Waals surface area contributed by atoms with Crippen LogP contribution in [0.25, 0.3) is 0 Å². The van der Waals surface area contributed by atoms with E-state index in [1.807, 2.05) is 13.8 Å². The first-order valence-electron chi connectivity index (χ1n) is 4.57. The number of hydrogen-bond acceptors (Lipinski definition) is 2. The van der Waals surface area contributed by atoms with Gasteiger partial charge >= 0.3 is 0 Å². The fraction of sp³-hybridized carbons (Fsp3) is 1.00. The second-order valence-electron chi connectivity index (χ2n) is 3.84. The van der Waals surface area contributed by atoms with Gasteiger partial charge in [-0.1, -0.05) is 13.8 Å². The van der Waals surface area contributed by atoms with E-state index in [0.717, 1.165) is 5.41 Å². The van der Waals surface area contributed by atoms with Gasteiger partial charge in [-0.05, 0) is 14.1 Å². The lowest BCUT2D eigenvalue weighted by atomic mass is 9.74. The average molecular weight is 156 g/mol. The van der Waals surface area contributed by atoms with Crippen molar-refractivity contribution in [2.24, 2.45) is 5.41 Å². The summed E-state index contributed by atoms with van der Waals surface area (Å²) in [4.78, 5) is 4.79. The quantitative estimate of drug-likeness (QED) is 0.514. The first-order chi connectivity index (χ1) is 5.20. The van der Waals surface area contributed by atoms with Gasteiger partial charge in [-0.3, -0.25) is 0 Å². The molecule has 2 aliphatic rings. The summed E-state index contributed by atoms with van der Waals surface area (Å²) in [5, 5.41) is 0. The molecule has 0 N–H and O–H groups in total. The summed E-state index contributed by atoms with van der Waals surface area (Å²) in [5.41, 5.74) is 0.740. The Bertz CT molecular complexity index is 102. The molecule has 1 spiro atoms. The molecule has 0 aromatic rings. The summed E-state index contributed by atoms with van der Waals surface area (Å²) in [7, 11) is 4.40. The van der Waals surface area contributed by atoms with E-state index < -0.39 is 0 Å². The molecule has 0 aromatic carbocycles. The average Bonchev–Trinajstić information content (AvgIpc) is 1.86. The van der Waals surface area contributed by atoms with Crippen LogP contribution in [0.2, 0.25) is 0 Å². The molecule has 2 saturated heterocycles. The zero-order chi connectivity index (χ0) is 8.48. The molecule has 0 aliphatic carbocycles. The minimum Gasteiger partial charge on any atom is -0.305 e. The van der Waals surface area contributed by atoms with Crippen LogP contribution in [0.5, 0.6) is 0 Å². The zero-order valence-corrected chi connectivity index (χ0v) is 8.22. The normalized spacial score (nSPS) is 28.4. The molecule has 0 atom stereocenters. The Morgan fingerprint density at radius 2 is 1.09 bits per heavy atom. The van der Waals surface area contributed by atoms with E-state index in [-0.39, 0.29) is 0 Å². The highest BCUT2D eigenvalue weighted by atomic mass is 15.3. The Hall–Kier alpha value is -0.0800. The molecule has 0 aromatic heterocycles. The molecule has 0 amide bonds. The van der Waals surface area contributed by atoms with E-state index in [1.165, 1.54) is 26.2 Å². The third-order valence-electron chi connectivity index (χ3n) is 2.42. The van der Waals surface area contributed by atoms with Gasteiger partial charge < -0.3 is 9.80 Å². The van der Waals surface area contributed by atoms with Crippen LogP contribution in [0, 0.1) is 5.41 Å². The topological polar surface area (TPSA) is 6.48 Å². The lowest BCUT2D eigenvalue weighted by molar-refractivity contribution is -0.0926. The maximum atomic E-state index is 2.40. The maximum Gasteiger partial charge on any atom is 0.0211 e. The fourth-order valence-corrected chi connectivity index (χ4v) is 2.40. The van der Waals surface area contributed by atoms with Crippen molar-refractivity contribution in [1.29, 1.82) is 0 Å². The second-order valence-corrected chi connectivity index (χ2v) is 3.84. The minimum atomic E-state index is 0.740. The lowest BCUT2D eigenvalue weighted by Gasteiger charge is -2.58. The highest BCUT2D eigenvalue weighted by Gasteiger charge is 2.48. The van der Waals surface area contributed by atoms with Gasteiger partial charge in [-0.2, -0.15) is 0 Å². The monoisotopic (exact) mass is 156 g/mol. The van der Waals surface area contributed by atoms with Crippen LogP contribution >= 0.6 is 0 Å². The Balaban J connectivity index is 0.000000281. The molecule has 2 fully saturated rings. The molecule has 11 heavy (non-hydrogen) atoms. The smallest absolute Gasteiger partial charge is 0.0211 e. The number of likely N-dealkylation sites (tertiary alicyclic amines) is 2. The van der Waals surface area contributed by atoms with Gasteiger partial charge in [0, 0.05) is 31.6 Å². The standard InChI is InChI=1S/C7H14N2.C2H6/c1-8-3-7(4-8)5-9(2)6-7;1-2/h3-6H2,1-2H3;1-2H3. The van der Waals surface area contributed by atoms with Crippen LogP contribution in [0.3, 0.4) is 0 Å². The Kier molecular flexibility index (Phi) is 2.55. The van der Waals surface area contributed by atoms with E-state index in [1.54, 1.807) is 0 Å². The van der Waals surface area contributed by atoms with Crippen molar-refractivity contribution in [3.8, 4) is 0 Å². The van der Waals surface area contributed by atoms with Crippen molar-refractivity contribution >= 4 is 0 Å². The van der Waals surface area contributed by atoms with Crippen LogP contribution in [0.4, 0.5) is 0 Å². The van der Waals surface area contributed by atoms with Crippen molar-refractivity contribution in [2.75, 3.05) is 40.3 Å². The molecule has 2 heterocycles. The van der Waals surface area contributed by atoms with Crippen LogP contribution in [0.15, 0.2) is 0 Å². The molecule has 2 heteroatoms. The van der Waals surface area contributed by atoms with Crippen molar-refractivity contribution in [3.05, 3.63) is 0 Å². The third-order valence-corrected chi connectivity index (χ3v) is 2.42. The summed E-state index contributed by atoms with van der Waals surface area (Å²) in [6, 6.07) is 0. The highest BCUT2D eigenvalue weighted by molar-refractivity contribution is 5.03. The number of hydrogen-bond donors (Lipinski definition) is 0. The molecule has 66 valence electrons. The predicted octanol–water partition coefficient (Wildman–Crippen LogP) is 0.890. The number of rotatable bonds is 0. The molecule has 2 nitrogen and oxygen atoms in total. The first kappa shape index (κ1) is 9.01. The predicted molar refractivity (Wildman–Crippen MR) is 48.8 cm³/mol. The first-order valence-corrected chi connectivity index (χ1v) is 4.57. The molecule has 0 unspecified atom stereocenters. The van der Waals surface area contributed by atoms with E-state index in [0.29, 0.717) is 0 Å². The summed E-state index contributed by atoms with van der Waals surface area (Å²) >= 11 is 0. The Labute approximate surface area is 70.2 Å². The summed E-state index contributed by atoms with van der Waals surface area (Å²) in [5.74, 6) is 0. The van der Waals surface area contributed by atoms with E-state index in [4.69, 9.17) is 0 Å². The molecule has 2 rings (SSSR count). The van der Waals surface area contributed by atoms with Crippen LogP contribution in [-0.4, -0.2) is 50.1 Å². The van der Waals surface area contributed by atoms with Gasteiger partial charge in [0.05, 0.1) is 0 Å². The lowest BCUT2D eigenvalue weighted by Crippen LogP contribution is -2.70. The van der Waals surface area contributed by atoms with Gasteiger partial charge in [0.15, 0.2) is 0 Å². The molecule has 0 radical (unpaired) electrons. The van der Waals surface area contributed by atoms with E-state index >= 15 is 0 Å². The summed E-state index contributed by atoms with van der Waals surface area (Å²) < 4.78 is 0. The minimum absolute atomic E-state index is 0.740. The van der Waals surface area contributed by atoms with Gasteiger partial charge in [0.1, 0.15) is 0 Å². The molecule has 0 saturated carbocycles. The molecular weight excluding hydrogens is 136 g/mol. The van der Waals surface area contributed by atoms with Crippen molar-refractivity contribution in [3.63, 3.8) is 0 Å². The Morgan fingerprint density at radius 3 is 1.27 bits per heavy atom. The Morgan fingerprint density at radius 1 is 0.818 bits per heavy atom. The molecule has 2 aliphatic heterocycles. The third kappa shape index (κ3) is 1.57. The highest BCUT2D eigenvalue weighted by Crippen LogP contribution is 2.37. The van der Waals surface area contributed by atoms with Crippen LogP contribution in [0.1, 0.15) is 13.8 Å². The SMILES string of the molecule is CC.CN1CC2(C1)CN(C)C2. The zero-order valence-electron chi connectivity index (χ0n) is 8.22.